The molecule has 1 aromatic rings. The highest BCUT2D eigenvalue weighted by Gasteiger charge is 2.08. The summed E-state index contributed by atoms with van der Waals surface area (Å²) < 4.78 is 5.79. The van der Waals surface area contributed by atoms with Crippen molar-refractivity contribution in [3.63, 3.8) is 0 Å². The van der Waals surface area contributed by atoms with Crippen LogP contribution in [0.1, 0.15) is 38.3 Å². The second-order valence-electron chi connectivity index (χ2n) is 6.11. The van der Waals surface area contributed by atoms with Crippen LogP contribution in [0.3, 0.4) is 0 Å². The Balaban J connectivity index is 2.20. The van der Waals surface area contributed by atoms with Crippen molar-refractivity contribution in [3.8, 4) is 5.75 Å². The summed E-state index contributed by atoms with van der Waals surface area (Å²) in [5.74, 6) is 1.01. The number of hydrogen-bond acceptors (Lipinski definition) is 2. The molecular formula is C16H27NO. The number of nitrogens with one attached hydrogen (secondary N) is 1. The normalized spacial score (nSPS) is 11.6. The molecule has 0 atom stereocenters. The van der Waals surface area contributed by atoms with Crippen LogP contribution in [0.25, 0.3) is 0 Å². The molecule has 1 aromatic carbocycles. The summed E-state index contributed by atoms with van der Waals surface area (Å²) in [7, 11) is 0. The number of aryl methyl sites for hydroxylation is 1. The Morgan fingerprint density at radius 1 is 1.11 bits per heavy atom. The number of hydrogen-bond donors (Lipinski definition) is 1. The lowest BCUT2D eigenvalue weighted by Gasteiger charge is -2.18. The molecule has 0 amide bonds. The van der Waals surface area contributed by atoms with Gasteiger partial charge in [0.1, 0.15) is 12.4 Å². The molecule has 0 aliphatic carbocycles. The van der Waals surface area contributed by atoms with Crippen molar-refractivity contribution in [2.45, 2.75) is 41.0 Å². The Bertz CT molecular complexity index is 366. The third-order valence-corrected chi connectivity index (χ3v) is 3.14. The highest BCUT2D eigenvalue weighted by atomic mass is 16.5. The number of ether oxygens (including phenoxy) is 1. The Morgan fingerprint density at radius 3 is 2.50 bits per heavy atom. The minimum atomic E-state index is 0.404. The average Bonchev–Trinajstić information content (AvgIpc) is 2.27. The maximum atomic E-state index is 5.79. The van der Waals surface area contributed by atoms with E-state index in [2.05, 4.69) is 46.0 Å². The predicted molar refractivity (Wildman–Crippen MR) is 78.4 cm³/mol. The lowest BCUT2D eigenvalue weighted by molar-refractivity contribution is 0.302. The van der Waals surface area contributed by atoms with Gasteiger partial charge in [-0.1, -0.05) is 32.9 Å². The SMILES string of the molecule is Cc1cccc(OCCNCCC(C)(C)C)c1C. The fourth-order valence-corrected chi connectivity index (χ4v) is 1.70. The first-order valence-electron chi connectivity index (χ1n) is 6.80. The molecule has 0 aromatic heterocycles. The first-order chi connectivity index (χ1) is 8.40. The Labute approximate surface area is 112 Å². The van der Waals surface area contributed by atoms with Crippen LogP contribution in [-0.2, 0) is 0 Å². The summed E-state index contributed by atoms with van der Waals surface area (Å²) in [5, 5.41) is 3.42. The highest BCUT2D eigenvalue weighted by molar-refractivity contribution is 5.38. The molecule has 0 aliphatic heterocycles. The van der Waals surface area contributed by atoms with E-state index in [0.717, 1.165) is 25.4 Å². The van der Waals surface area contributed by atoms with Crippen LogP contribution >= 0.6 is 0 Å². The van der Waals surface area contributed by atoms with Gasteiger partial charge in [-0.15, -0.1) is 0 Å². The lowest BCUT2D eigenvalue weighted by atomic mass is 9.92. The number of rotatable bonds is 6. The van der Waals surface area contributed by atoms with Gasteiger partial charge in [-0.2, -0.15) is 0 Å². The van der Waals surface area contributed by atoms with Crippen LogP contribution in [0.5, 0.6) is 5.75 Å². The van der Waals surface area contributed by atoms with Gasteiger partial charge < -0.3 is 10.1 Å². The van der Waals surface area contributed by atoms with Gasteiger partial charge in [-0.05, 0) is 49.4 Å². The minimum Gasteiger partial charge on any atom is -0.492 e. The van der Waals surface area contributed by atoms with Crippen molar-refractivity contribution >= 4 is 0 Å². The van der Waals surface area contributed by atoms with Gasteiger partial charge in [-0.25, -0.2) is 0 Å². The second-order valence-corrected chi connectivity index (χ2v) is 6.11. The zero-order valence-corrected chi connectivity index (χ0v) is 12.5. The largest absolute Gasteiger partial charge is 0.492 e. The van der Waals surface area contributed by atoms with E-state index in [0.29, 0.717) is 5.41 Å². The highest BCUT2D eigenvalue weighted by Crippen LogP contribution is 2.20. The fraction of sp³-hybridized carbons (Fsp3) is 0.625. The third-order valence-electron chi connectivity index (χ3n) is 3.14. The van der Waals surface area contributed by atoms with Crippen LogP contribution in [0.2, 0.25) is 0 Å². The monoisotopic (exact) mass is 249 g/mol. The van der Waals surface area contributed by atoms with Crippen molar-refractivity contribution in [2.24, 2.45) is 5.41 Å². The van der Waals surface area contributed by atoms with Crippen molar-refractivity contribution in [2.75, 3.05) is 19.7 Å². The van der Waals surface area contributed by atoms with Gasteiger partial charge in [0.25, 0.3) is 0 Å². The van der Waals surface area contributed by atoms with Crippen LogP contribution in [-0.4, -0.2) is 19.7 Å². The Morgan fingerprint density at radius 2 is 1.83 bits per heavy atom. The van der Waals surface area contributed by atoms with E-state index >= 15 is 0 Å². The van der Waals surface area contributed by atoms with Crippen molar-refractivity contribution in [1.82, 2.24) is 5.32 Å². The van der Waals surface area contributed by atoms with Gasteiger partial charge >= 0.3 is 0 Å². The van der Waals surface area contributed by atoms with Crippen molar-refractivity contribution < 1.29 is 4.74 Å². The van der Waals surface area contributed by atoms with Gasteiger partial charge in [0.2, 0.25) is 0 Å². The average molecular weight is 249 g/mol. The lowest BCUT2D eigenvalue weighted by Crippen LogP contribution is -2.25. The van der Waals surface area contributed by atoms with Gasteiger partial charge in [0.15, 0.2) is 0 Å². The zero-order valence-electron chi connectivity index (χ0n) is 12.5. The molecule has 2 nitrogen and oxygen atoms in total. The van der Waals surface area contributed by atoms with Crippen molar-refractivity contribution in [1.29, 1.82) is 0 Å². The van der Waals surface area contributed by atoms with Crippen LogP contribution in [0.15, 0.2) is 18.2 Å². The summed E-state index contributed by atoms with van der Waals surface area (Å²) >= 11 is 0. The molecule has 102 valence electrons. The summed E-state index contributed by atoms with van der Waals surface area (Å²) in [6.07, 6.45) is 1.19. The van der Waals surface area contributed by atoms with E-state index in [-0.39, 0.29) is 0 Å². The maximum Gasteiger partial charge on any atom is 0.122 e. The van der Waals surface area contributed by atoms with Gasteiger partial charge in [0, 0.05) is 6.54 Å². The summed E-state index contributed by atoms with van der Waals surface area (Å²) in [5.41, 5.74) is 2.93. The van der Waals surface area contributed by atoms with Crippen LogP contribution < -0.4 is 10.1 Å². The van der Waals surface area contributed by atoms with E-state index in [1.807, 2.05) is 12.1 Å². The standard InChI is InChI=1S/C16H27NO/c1-13-7-6-8-15(14(13)2)18-12-11-17-10-9-16(3,4)5/h6-8,17H,9-12H2,1-5H3. The molecule has 1 rings (SSSR count). The molecule has 0 radical (unpaired) electrons. The minimum absolute atomic E-state index is 0.404. The Kier molecular flexibility index (Phi) is 5.67. The van der Waals surface area contributed by atoms with Crippen LogP contribution in [0.4, 0.5) is 0 Å². The molecule has 2 heteroatoms. The molecule has 18 heavy (non-hydrogen) atoms. The Hall–Kier alpha value is -1.02. The zero-order chi connectivity index (χ0) is 13.6. The number of benzene rings is 1. The molecule has 0 bridgehead atoms. The maximum absolute atomic E-state index is 5.79. The topological polar surface area (TPSA) is 21.3 Å². The third kappa shape index (κ3) is 5.54. The van der Waals surface area contributed by atoms with E-state index < -0.39 is 0 Å². The second kappa shape index (κ2) is 6.79. The summed E-state index contributed by atoms with van der Waals surface area (Å²) in [6, 6.07) is 6.20. The van der Waals surface area contributed by atoms with E-state index in [4.69, 9.17) is 4.74 Å². The van der Waals surface area contributed by atoms with Crippen LogP contribution in [0, 0.1) is 19.3 Å². The van der Waals surface area contributed by atoms with Gasteiger partial charge in [0.05, 0.1) is 0 Å². The molecule has 0 unspecified atom stereocenters. The first kappa shape index (κ1) is 15.0. The molecule has 0 spiro atoms. The molecular weight excluding hydrogens is 222 g/mol. The molecule has 0 fully saturated rings. The van der Waals surface area contributed by atoms with Crippen molar-refractivity contribution in [3.05, 3.63) is 29.3 Å². The van der Waals surface area contributed by atoms with E-state index in [1.165, 1.54) is 17.5 Å². The fourth-order valence-electron chi connectivity index (χ4n) is 1.70. The van der Waals surface area contributed by atoms with E-state index in [9.17, 15) is 0 Å². The first-order valence-corrected chi connectivity index (χ1v) is 6.80. The van der Waals surface area contributed by atoms with E-state index in [1.54, 1.807) is 0 Å². The summed E-state index contributed by atoms with van der Waals surface area (Å²) in [6.45, 7) is 13.7. The summed E-state index contributed by atoms with van der Waals surface area (Å²) in [4.78, 5) is 0. The molecule has 0 saturated heterocycles. The molecule has 0 aliphatic rings. The molecule has 0 saturated carbocycles. The van der Waals surface area contributed by atoms with Gasteiger partial charge in [-0.3, -0.25) is 0 Å². The quantitative estimate of drug-likeness (QED) is 0.776. The predicted octanol–water partition coefficient (Wildman–Crippen LogP) is 3.71. The smallest absolute Gasteiger partial charge is 0.122 e. The molecule has 0 heterocycles. The molecule has 1 N–H and O–H groups in total.